The standard InChI is InChI=1S/C19H23N3O2/c1-3-4-7-12-22-16-10-6-5-9-15(16)21-18(22)14(2)20-19(23)17-11-8-13-24-17/h5-6,8-11,13-14H,3-4,7,12H2,1-2H3,(H,20,23)/t14-/m0/s1. The molecule has 0 spiro atoms. The van der Waals surface area contributed by atoms with Crippen molar-refractivity contribution in [1.29, 1.82) is 0 Å². The van der Waals surface area contributed by atoms with Crippen molar-refractivity contribution in [3.63, 3.8) is 0 Å². The maximum Gasteiger partial charge on any atom is 0.287 e. The minimum Gasteiger partial charge on any atom is -0.459 e. The van der Waals surface area contributed by atoms with E-state index in [-0.39, 0.29) is 11.9 Å². The lowest BCUT2D eigenvalue weighted by molar-refractivity contribution is 0.0909. The van der Waals surface area contributed by atoms with E-state index >= 15 is 0 Å². The summed E-state index contributed by atoms with van der Waals surface area (Å²) < 4.78 is 7.38. The Morgan fingerprint density at radius 1 is 1.25 bits per heavy atom. The summed E-state index contributed by atoms with van der Waals surface area (Å²) >= 11 is 0. The molecule has 0 unspecified atom stereocenters. The zero-order valence-corrected chi connectivity index (χ0v) is 14.2. The zero-order chi connectivity index (χ0) is 16.9. The van der Waals surface area contributed by atoms with Crippen LogP contribution in [0.25, 0.3) is 11.0 Å². The molecule has 0 radical (unpaired) electrons. The van der Waals surface area contributed by atoms with Crippen LogP contribution in [0.3, 0.4) is 0 Å². The third-order valence-electron chi connectivity index (χ3n) is 4.15. The molecule has 1 N–H and O–H groups in total. The molecule has 2 heterocycles. The first kappa shape index (κ1) is 16.3. The number of unbranched alkanes of at least 4 members (excludes halogenated alkanes) is 2. The minimum absolute atomic E-state index is 0.198. The Morgan fingerprint density at radius 3 is 2.83 bits per heavy atom. The van der Waals surface area contributed by atoms with Crippen LogP contribution >= 0.6 is 0 Å². The molecule has 126 valence electrons. The van der Waals surface area contributed by atoms with E-state index in [0.29, 0.717) is 5.76 Å². The van der Waals surface area contributed by atoms with Gasteiger partial charge < -0.3 is 14.3 Å². The highest BCUT2D eigenvalue weighted by molar-refractivity contribution is 5.91. The molecule has 0 saturated heterocycles. The van der Waals surface area contributed by atoms with Crippen molar-refractivity contribution in [3.8, 4) is 0 Å². The number of imidazole rings is 1. The van der Waals surface area contributed by atoms with Crippen molar-refractivity contribution in [2.45, 2.75) is 45.7 Å². The molecule has 1 atom stereocenters. The van der Waals surface area contributed by atoms with Crippen molar-refractivity contribution >= 4 is 16.9 Å². The van der Waals surface area contributed by atoms with Gasteiger partial charge in [-0.3, -0.25) is 4.79 Å². The van der Waals surface area contributed by atoms with E-state index in [1.54, 1.807) is 12.1 Å². The van der Waals surface area contributed by atoms with Crippen LogP contribution in [-0.2, 0) is 6.54 Å². The summed E-state index contributed by atoms with van der Waals surface area (Å²) in [5, 5.41) is 2.97. The number of fused-ring (bicyclic) bond motifs is 1. The van der Waals surface area contributed by atoms with Gasteiger partial charge in [0.2, 0.25) is 0 Å². The number of carbonyl (C=O) groups excluding carboxylic acids is 1. The number of amides is 1. The number of hydrogen-bond donors (Lipinski definition) is 1. The number of carbonyl (C=O) groups is 1. The number of hydrogen-bond acceptors (Lipinski definition) is 3. The summed E-state index contributed by atoms with van der Waals surface area (Å²) in [7, 11) is 0. The van der Waals surface area contributed by atoms with E-state index < -0.39 is 0 Å². The minimum atomic E-state index is -0.223. The van der Waals surface area contributed by atoms with Gasteiger partial charge in [-0.1, -0.05) is 31.9 Å². The molecule has 1 aromatic carbocycles. The molecular weight excluding hydrogens is 302 g/mol. The molecular formula is C19H23N3O2. The summed E-state index contributed by atoms with van der Waals surface area (Å²) in [4.78, 5) is 17.0. The highest BCUT2D eigenvalue weighted by Gasteiger charge is 2.19. The van der Waals surface area contributed by atoms with Gasteiger partial charge in [0, 0.05) is 6.54 Å². The van der Waals surface area contributed by atoms with Gasteiger partial charge in [-0.15, -0.1) is 0 Å². The smallest absolute Gasteiger partial charge is 0.287 e. The van der Waals surface area contributed by atoms with E-state index in [1.807, 2.05) is 25.1 Å². The van der Waals surface area contributed by atoms with E-state index in [2.05, 4.69) is 22.9 Å². The first-order valence-corrected chi connectivity index (χ1v) is 8.50. The second-order valence-corrected chi connectivity index (χ2v) is 5.99. The van der Waals surface area contributed by atoms with Crippen LogP contribution in [0.2, 0.25) is 0 Å². The summed E-state index contributed by atoms with van der Waals surface area (Å²) in [5.41, 5.74) is 2.07. The van der Waals surface area contributed by atoms with E-state index in [0.717, 1.165) is 29.8 Å². The number of para-hydroxylation sites is 2. The molecule has 3 aromatic rings. The molecule has 0 saturated carbocycles. The van der Waals surface area contributed by atoms with Crippen LogP contribution in [0.4, 0.5) is 0 Å². The van der Waals surface area contributed by atoms with Gasteiger partial charge in [-0.05, 0) is 37.6 Å². The fourth-order valence-electron chi connectivity index (χ4n) is 2.92. The predicted octanol–water partition coefficient (Wildman–Crippen LogP) is 4.31. The third kappa shape index (κ3) is 3.35. The number of aromatic nitrogens is 2. The van der Waals surface area contributed by atoms with Gasteiger partial charge in [0.05, 0.1) is 23.3 Å². The van der Waals surface area contributed by atoms with Gasteiger partial charge in [0.15, 0.2) is 5.76 Å². The molecule has 3 rings (SSSR count). The number of aryl methyl sites for hydroxylation is 1. The van der Waals surface area contributed by atoms with Gasteiger partial charge in [0.25, 0.3) is 5.91 Å². The molecule has 0 aliphatic heterocycles. The SMILES string of the molecule is CCCCCn1c([C@H](C)NC(=O)c2ccco2)nc2ccccc21. The number of furan rings is 1. The van der Waals surface area contributed by atoms with E-state index in [9.17, 15) is 4.79 Å². The highest BCUT2D eigenvalue weighted by Crippen LogP contribution is 2.22. The van der Waals surface area contributed by atoms with Crippen LogP contribution in [-0.4, -0.2) is 15.5 Å². The molecule has 0 fully saturated rings. The maximum absolute atomic E-state index is 12.2. The first-order valence-electron chi connectivity index (χ1n) is 8.50. The summed E-state index contributed by atoms with van der Waals surface area (Å²) in [6.45, 7) is 5.06. The van der Waals surface area contributed by atoms with Crippen LogP contribution in [0.5, 0.6) is 0 Å². The average Bonchev–Trinajstić information content (AvgIpc) is 3.23. The zero-order valence-electron chi connectivity index (χ0n) is 14.2. The highest BCUT2D eigenvalue weighted by atomic mass is 16.3. The predicted molar refractivity (Wildman–Crippen MR) is 93.8 cm³/mol. The van der Waals surface area contributed by atoms with Crippen LogP contribution in [0.15, 0.2) is 47.1 Å². The number of nitrogens with zero attached hydrogens (tertiary/aromatic N) is 2. The van der Waals surface area contributed by atoms with E-state index in [1.165, 1.54) is 19.1 Å². The van der Waals surface area contributed by atoms with Crippen LogP contribution < -0.4 is 5.32 Å². The Morgan fingerprint density at radius 2 is 2.08 bits per heavy atom. The molecule has 24 heavy (non-hydrogen) atoms. The fourth-order valence-corrected chi connectivity index (χ4v) is 2.92. The lowest BCUT2D eigenvalue weighted by Crippen LogP contribution is -2.28. The first-order chi connectivity index (χ1) is 11.7. The Kier molecular flexibility index (Phi) is 4.99. The Balaban J connectivity index is 1.86. The topological polar surface area (TPSA) is 60.1 Å². The third-order valence-corrected chi connectivity index (χ3v) is 4.15. The largest absolute Gasteiger partial charge is 0.459 e. The normalized spacial score (nSPS) is 12.4. The van der Waals surface area contributed by atoms with Crippen molar-refractivity contribution in [2.75, 3.05) is 0 Å². The maximum atomic E-state index is 12.2. The van der Waals surface area contributed by atoms with Gasteiger partial charge in [-0.2, -0.15) is 0 Å². The average molecular weight is 325 g/mol. The molecule has 5 heteroatoms. The molecule has 1 amide bonds. The molecule has 0 bridgehead atoms. The number of benzene rings is 1. The lowest BCUT2D eigenvalue weighted by Gasteiger charge is -2.15. The van der Waals surface area contributed by atoms with E-state index in [4.69, 9.17) is 9.40 Å². The number of rotatable bonds is 7. The number of nitrogens with one attached hydrogen (secondary N) is 1. The summed E-state index contributed by atoms with van der Waals surface area (Å²) in [5.74, 6) is 0.974. The Hall–Kier alpha value is -2.56. The Bertz CT molecular complexity index is 805. The van der Waals surface area contributed by atoms with Crippen molar-refractivity contribution in [1.82, 2.24) is 14.9 Å². The monoisotopic (exact) mass is 325 g/mol. The summed E-state index contributed by atoms with van der Waals surface area (Å²) in [6, 6.07) is 11.3. The van der Waals surface area contributed by atoms with Gasteiger partial charge >= 0.3 is 0 Å². The molecule has 2 aromatic heterocycles. The Labute approximate surface area is 141 Å². The summed E-state index contributed by atoms with van der Waals surface area (Å²) in [6.07, 6.45) is 4.95. The quantitative estimate of drug-likeness (QED) is 0.658. The molecule has 0 aliphatic carbocycles. The van der Waals surface area contributed by atoms with Crippen molar-refractivity contribution in [3.05, 3.63) is 54.2 Å². The molecule has 5 nitrogen and oxygen atoms in total. The molecule has 0 aliphatic rings. The lowest BCUT2D eigenvalue weighted by atomic mass is 10.2. The fraction of sp³-hybridized carbons (Fsp3) is 0.368. The van der Waals surface area contributed by atoms with Gasteiger partial charge in [-0.25, -0.2) is 4.98 Å². The second-order valence-electron chi connectivity index (χ2n) is 5.99. The van der Waals surface area contributed by atoms with Crippen LogP contribution in [0, 0.1) is 0 Å². The van der Waals surface area contributed by atoms with Crippen molar-refractivity contribution < 1.29 is 9.21 Å². The van der Waals surface area contributed by atoms with Crippen LogP contribution in [0.1, 0.15) is 55.5 Å². The van der Waals surface area contributed by atoms with Crippen molar-refractivity contribution in [2.24, 2.45) is 0 Å². The second kappa shape index (κ2) is 7.34. The van der Waals surface area contributed by atoms with Gasteiger partial charge in [0.1, 0.15) is 5.82 Å².